The molecule has 0 spiro atoms. The first-order valence-corrected chi connectivity index (χ1v) is 10.5. The second-order valence-corrected chi connectivity index (χ2v) is 8.49. The van der Waals surface area contributed by atoms with Crippen molar-refractivity contribution in [1.29, 1.82) is 0 Å². The lowest BCUT2D eigenvalue weighted by Gasteiger charge is -2.38. The molecule has 0 aromatic heterocycles. The fourth-order valence-corrected chi connectivity index (χ4v) is 4.38. The summed E-state index contributed by atoms with van der Waals surface area (Å²) >= 11 is 12.1. The maximum Gasteiger partial charge on any atom is 0.247 e. The smallest absolute Gasteiger partial charge is 0.247 e. The van der Waals surface area contributed by atoms with E-state index >= 15 is 0 Å². The number of likely N-dealkylation sites (tertiary alicyclic amines) is 1. The second kappa shape index (κ2) is 8.34. The number of rotatable bonds is 4. The molecule has 1 unspecified atom stereocenters. The number of piperazine rings is 1. The van der Waals surface area contributed by atoms with Crippen LogP contribution in [0.5, 0.6) is 0 Å². The number of carbonyl (C=O) groups excluding carboxylic acids is 2. The quantitative estimate of drug-likeness (QED) is 0.691. The first-order chi connectivity index (χ1) is 13.9. The molecule has 2 amide bonds. The molecule has 0 radical (unpaired) electrons. The van der Waals surface area contributed by atoms with Gasteiger partial charge in [0.2, 0.25) is 11.8 Å². The summed E-state index contributed by atoms with van der Waals surface area (Å²) in [5, 5.41) is 1.36. The van der Waals surface area contributed by atoms with E-state index < -0.39 is 0 Å². The van der Waals surface area contributed by atoms with Gasteiger partial charge in [-0.2, -0.15) is 0 Å². The molecule has 2 aromatic rings. The normalized spacial score (nSPS) is 20.6. The van der Waals surface area contributed by atoms with E-state index in [1.807, 2.05) is 30.3 Å². The van der Waals surface area contributed by atoms with Crippen molar-refractivity contribution in [2.24, 2.45) is 0 Å². The minimum absolute atomic E-state index is 0.0997. The number of nitrogens with zero attached hydrogens (tertiary/aromatic N) is 3. The Hall–Kier alpha value is -2.08. The highest BCUT2D eigenvalue weighted by Crippen LogP contribution is 2.27. The summed E-state index contributed by atoms with van der Waals surface area (Å²) in [6.07, 6.45) is 0.253. The molecule has 29 heavy (non-hydrogen) atoms. The topological polar surface area (TPSA) is 43.9 Å². The number of amides is 2. The van der Waals surface area contributed by atoms with Crippen molar-refractivity contribution >= 4 is 40.7 Å². The number of hydrogen-bond donors (Lipinski definition) is 0. The molecule has 2 saturated heterocycles. The Morgan fingerprint density at radius 1 is 0.931 bits per heavy atom. The van der Waals surface area contributed by atoms with Gasteiger partial charge in [-0.25, -0.2) is 0 Å². The predicted octanol–water partition coefficient (Wildman–Crippen LogP) is 3.75. The molecular weight excluding hydrogens is 409 g/mol. The lowest BCUT2D eigenvalue weighted by atomic mass is 10.1. The highest BCUT2D eigenvalue weighted by Gasteiger charge is 2.42. The number of imide groups is 1. The Morgan fingerprint density at radius 3 is 2.28 bits per heavy atom. The molecule has 2 aliphatic rings. The third-order valence-corrected chi connectivity index (χ3v) is 6.23. The largest absolute Gasteiger partial charge is 0.369 e. The van der Waals surface area contributed by atoms with E-state index in [1.165, 1.54) is 10.5 Å². The SMILES string of the molecule is Cc1ccc(Cl)cc1N1CCN(C2CC(=O)N(Cc3ccc(Cl)cc3)C2=O)CC1. The average Bonchev–Trinajstić information content (AvgIpc) is 3.00. The van der Waals surface area contributed by atoms with Crippen molar-refractivity contribution < 1.29 is 9.59 Å². The standard InChI is InChI=1S/C22H23Cl2N3O2/c1-15-2-5-18(24)12-19(15)25-8-10-26(11-9-25)20-13-21(28)27(22(20)29)14-16-3-6-17(23)7-4-16/h2-7,12,20H,8-11,13-14H2,1H3. The molecule has 1 atom stereocenters. The van der Waals surface area contributed by atoms with Gasteiger partial charge < -0.3 is 4.90 Å². The van der Waals surface area contributed by atoms with Gasteiger partial charge in [0.1, 0.15) is 0 Å². The Bertz CT molecular complexity index is 924. The molecule has 2 aliphatic heterocycles. The van der Waals surface area contributed by atoms with Gasteiger partial charge in [0.25, 0.3) is 0 Å². The van der Waals surface area contributed by atoms with E-state index in [-0.39, 0.29) is 24.3 Å². The van der Waals surface area contributed by atoms with Crippen molar-refractivity contribution in [1.82, 2.24) is 9.80 Å². The second-order valence-electron chi connectivity index (χ2n) is 7.62. The number of carbonyl (C=O) groups is 2. The zero-order valence-electron chi connectivity index (χ0n) is 16.3. The van der Waals surface area contributed by atoms with Crippen molar-refractivity contribution in [3.8, 4) is 0 Å². The summed E-state index contributed by atoms with van der Waals surface area (Å²) in [6.45, 7) is 5.46. The van der Waals surface area contributed by atoms with Gasteiger partial charge in [-0.3, -0.25) is 19.4 Å². The summed E-state index contributed by atoms with van der Waals surface area (Å²) in [7, 11) is 0. The fourth-order valence-electron chi connectivity index (χ4n) is 4.09. The third-order valence-electron chi connectivity index (χ3n) is 5.74. The maximum atomic E-state index is 12.9. The Kier molecular flexibility index (Phi) is 5.81. The van der Waals surface area contributed by atoms with Crippen LogP contribution in [-0.4, -0.2) is 53.8 Å². The number of benzene rings is 2. The Morgan fingerprint density at radius 2 is 1.59 bits per heavy atom. The van der Waals surface area contributed by atoms with Crippen LogP contribution in [0.25, 0.3) is 0 Å². The van der Waals surface area contributed by atoms with E-state index in [0.717, 1.165) is 42.5 Å². The molecular formula is C22H23Cl2N3O2. The molecule has 0 saturated carbocycles. The van der Waals surface area contributed by atoms with Crippen LogP contribution in [0.2, 0.25) is 10.0 Å². The number of aryl methyl sites for hydroxylation is 1. The van der Waals surface area contributed by atoms with E-state index in [4.69, 9.17) is 23.2 Å². The highest BCUT2D eigenvalue weighted by molar-refractivity contribution is 6.31. The van der Waals surface area contributed by atoms with Gasteiger partial charge in [-0.1, -0.05) is 41.4 Å². The van der Waals surface area contributed by atoms with Gasteiger partial charge in [0.15, 0.2) is 0 Å². The van der Waals surface area contributed by atoms with Crippen molar-refractivity contribution in [3.63, 3.8) is 0 Å². The van der Waals surface area contributed by atoms with Gasteiger partial charge >= 0.3 is 0 Å². The molecule has 5 nitrogen and oxygen atoms in total. The lowest BCUT2D eigenvalue weighted by molar-refractivity contribution is -0.140. The van der Waals surface area contributed by atoms with Crippen molar-refractivity contribution in [2.75, 3.05) is 31.1 Å². The third kappa shape index (κ3) is 4.27. The summed E-state index contributed by atoms with van der Waals surface area (Å²) in [5.41, 5.74) is 3.22. The highest BCUT2D eigenvalue weighted by atomic mass is 35.5. The number of hydrogen-bond acceptors (Lipinski definition) is 4. The summed E-state index contributed by atoms with van der Waals surface area (Å²) in [4.78, 5) is 31.3. The van der Waals surface area contributed by atoms with Crippen LogP contribution < -0.4 is 4.90 Å². The maximum absolute atomic E-state index is 12.9. The van der Waals surface area contributed by atoms with Crippen LogP contribution in [0.1, 0.15) is 17.5 Å². The van der Waals surface area contributed by atoms with E-state index in [9.17, 15) is 9.59 Å². The van der Waals surface area contributed by atoms with Crippen molar-refractivity contribution in [3.05, 3.63) is 63.6 Å². The minimum atomic E-state index is -0.364. The van der Waals surface area contributed by atoms with E-state index in [1.54, 1.807) is 12.1 Å². The molecule has 0 N–H and O–H groups in total. The molecule has 4 rings (SSSR count). The van der Waals surface area contributed by atoms with Gasteiger partial charge in [0, 0.05) is 41.9 Å². The zero-order valence-corrected chi connectivity index (χ0v) is 17.8. The Balaban J connectivity index is 1.40. The first kappa shape index (κ1) is 20.2. The van der Waals surface area contributed by atoms with Crippen LogP contribution in [0.4, 0.5) is 5.69 Å². The average molecular weight is 432 g/mol. The van der Waals surface area contributed by atoms with E-state index in [0.29, 0.717) is 11.6 Å². The Labute approximate surface area is 180 Å². The molecule has 2 aromatic carbocycles. The van der Waals surface area contributed by atoms with Crippen LogP contribution in [0.15, 0.2) is 42.5 Å². The minimum Gasteiger partial charge on any atom is -0.369 e. The van der Waals surface area contributed by atoms with Gasteiger partial charge in [-0.15, -0.1) is 0 Å². The van der Waals surface area contributed by atoms with Crippen LogP contribution in [-0.2, 0) is 16.1 Å². The van der Waals surface area contributed by atoms with Crippen LogP contribution in [0, 0.1) is 6.92 Å². The molecule has 0 bridgehead atoms. The zero-order chi connectivity index (χ0) is 20.5. The monoisotopic (exact) mass is 431 g/mol. The first-order valence-electron chi connectivity index (χ1n) is 9.76. The summed E-state index contributed by atoms with van der Waals surface area (Å²) in [6, 6.07) is 12.8. The number of anilines is 1. The molecule has 152 valence electrons. The van der Waals surface area contributed by atoms with Gasteiger partial charge in [-0.05, 0) is 42.3 Å². The molecule has 0 aliphatic carbocycles. The van der Waals surface area contributed by atoms with Crippen molar-refractivity contribution in [2.45, 2.75) is 25.9 Å². The van der Waals surface area contributed by atoms with Crippen LogP contribution >= 0.6 is 23.2 Å². The molecule has 2 heterocycles. The lowest BCUT2D eigenvalue weighted by Crippen LogP contribution is -2.52. The predicted molar refractivity (Wildman–Crippen MR) is 115 cm³/mol. The van der Waals surface area contributed by atoms with Gasteiger partial charge in [0.05, 0.1) is 19.0 Å². The molecule has 2 fully saturated rings. The van der Waals surface area contributed by atoms with E-state index in [2.05, 4.69) is 16.7 Å². The molecule has 7 heteroatoms. The summed E-state index contributed by atoms with van der Waals surface area (Å²) < 4.78 is 0. The fraction of sp³-hybridized carbons (Fsp3) is 0.364. The van der Waals surface area contributed by atoms with Crippen LogP contribution in [0.3, 0.4) is 0 Å². The number of halogens is 2. The summed E-state index contributed by atoms with van der Waals surface area (Å²) in [5.74, 6) is -0.208.